The molecule has 1 aromatic carbocycles. The molecule has 0 aliphatic rings. The Morgan fingerprint density at radius 3 is 2.37 bits per heavy atom. The van der Waals surface area contributed by atoms with E-state index in [2.05, 4.69) is 24.5 Å². The molecule has 0 saturated carbocycles. The van der Waals surface area contributed by atoms with E-state index in [1.807, 2.05) is 31.3 Å². The van der Waals surface area contributed by atoms with Gasteiger partial charge in [0.2, 0.25) is 0 Å². The van der Waals surface area contributed by atoms with Gasteiger partial charge in [-0.1, -0.05) is 26.0 Å². The van der Waals surface area contributed by atoms with E-state index in [0.717, 1.165) is 25.1 Å². The van der Waals surface area contributed by atoms with Crippen LogP contribution >= 0.6 is 0 Å². The Bertz CT molecular complexity index is 372. The summed E-state index contributed by atoms with van der Waals surface area (Å²) in [6, 6.07) is 8.00. The normalized spacial score (nSPS) is 10.5. The topological polar surface area (TPSA) is 50.4 Å². The first-order valence-electron chi connectivity index (χ1n) is 6.85. The van der Waals surface area contributed by atoms with Gasteiger partial charge >= 0.3 is 0 Å². The van der Waals surface area contributed by atoms with Crippen molar-refractivity contribution in [3.05, 3.63) is 29.8 Å². The monoisotopic (exact) mass is 264 g/mol. The summed E-state index contributed by atoms with van der Waals surface area (Å²) in [4.78, 5) is 11.7. The van der Waals surface area contributed by atoms with Crippen molar-refractivity contribution in [1.29, 1.82) is 0 Å². The first-order chi connectivity index (χ1) is 9.19. The zero-order valence-electron chi connectivity index (χ0n) is 12.0. The lowest BCUT2D eigenvalue weighted by Crippen LogP contribution is -2.37. The Balaban J connectivity index is 2.37. The van der Waals surface area contributed by atoms with Crippen molar-refractivity contribution in [1.82, 2.24) is 10.6 Å². The number of carbonyl (C=O) groups excluding carboxylic acids is 1. The number of benzene rings is 1. The van der Waals surface area contributed by atoms with Crippen LogP contribution in [0.5, 0.6) is 5.75 Å². The van der Waals surface area contributed by atoms with Crippen molar-refractivity contribution in [2.24, 2.45) is 0 Å². The van der Waals surface area contributed by atoms with Crippen molar-refractivity contribution in [3.8, 4) is 5.75 Å². The minimum Gasteiger partial charge on any atom is -0.484 e. The van der Waals surface area contributed by atoms with Crippen molar-refractivity contribution < 1.29 is 9.53 Å². The Labute approximate surface area is 115 Å². The second-order valence-electron chi connectivity index (χ2n) is 4.54. The lowest BCUT2D eigenvalue weighted by atomic mass is 10.2. The molecule has 0 fully saturated rings. The summed E-state index contributed by atoms with van der Waals surface area (Å²) in [5.74, 6) is 0.660. The van der Waals surface area contributed by atoms with Gasteiger partial charge in [-0.15, -0.1) is 0 Å². The third kappa shape index (κ3) is 5.75. The standard InChI is InChI=1S/C15H24N2O2/c1-4-13(5-2)17-15(18)11-19-14-8-6-12(7-9-14)10-16-3/h6-9,13,16H,4-5,10-11H2,1-3H3,(H,17,18). The number of ether oxygens (including phenoxy) is 1. The zero-order valence-corrected chi connectivity index (χ0v) is 12.0. The number of amides is 1. The molecular weight excluding hydrogens is 240 g/mol. The number of rotatable bonds is 8. The fourth-order valence-corrected chi connectivity index (χ4v) is 1.82. The van der Waals surface area contributed by atoms with Crippen molar-refractivity contribution >= 4 is 5.91 Å². The smallest absolute Gasteiger partial charge is 0.258 e. The summed E-state index contributed by atoms with van der Waals surface area (Å²) in [5, 5.41) is 6.03. The first-order valence-corrected chi connectivity index (χ1v) is 6.85. The molecule has 0 atom stereocenters. The van der Waals surface area contributed by atoms with E-state index in [1.165, 1.54) is 5.56 Å². The maximum atomic E-state index is 11.7. The van der Waals surface area contributed by atoms with E-state index in [0.29, 0.717) is 0 Å². The lowest BCUT2D eigenvalue weighted by molar-refractivity contribution is -0.123. The van der Waals surface area contributed by atoms with Crippen LogP contribution < -0.4 is 15.4 Å². The minimum absolute atomic E-state index is 0.0620. The van der Waals surface area contributed by atoms with Gasteiger partial charge in [0.25, 0.3) is 5.91 Å². The van der Waals surface area contributed by atoms with Crippen LogP contribution in [0.3, 0.4) is 0 Å². The molecule has 0 saturated heterocycles. The van der Waals surface area contributed by atoms with Gasteiger partial charge < -0.3 is 15.4 Å². The molecule has 4 nitrogen and oxygen atoms in total. The molecular formula is C15H24N2O2. The minimum atomic E-state index is -0.0620. The van der Waals surface area contributed by atoms with E-state index < -0.39 is 0 Å². The van der Waals surface area contributed by atoms with E-state index in [1.54, 1.807) is 0 Å². The van der Waals surface area contributed by atoms with Crippen LogP contribution in [0.15, 0.2) is 24.3 Å². The maximum Gasteiger partial charge on any atom is 0.258 e. The fourth-order valence-electron chi connectivity index (χ4n) is 1.82. The molecule has 1 rings (SSSR count). The van der Waals surface area contributed by atoms with E-state index in [9.17, 15) is 4.79 Å². The van der Waals surface area contributed by atoms with Gasteiger partial charge in [0, 0.05) is 12.6 Å². The molecule has 0 heterocycles. The van der Waals surface area contributed by atoms with Crippen LogP contribution in [0.4, 0.5) is 0 Å². The van der Waals surface area contributed by atoms with Crippen LogP contribution in [0.25, 0.3) is 0 Å². The Morgan fingerprint density at radius 1 is 1.21 bits per heavy atom. The molecule has 106 valence electrons. The van der Waals surface area contributed by atoms with Crippen LogP contribution in [0, 0.1) is 0 Å². The number of hydrogen-bond donors (Lipinski definition) is 2. The summed E-state index contributed by atoms with van der Waals surface area (Å²) in [5.41, 5.74) is 1.19. The molecule has 2 N–H and O–H groups in total. The third-order valence-electron chi connectivity index (χ3n) is 3.02. The molecule has 1 aromatic rings. The SMILES string of the molecule is CCC(CC)NC(=O)COc1ccc(CNC)cc1. The molecule has 4 heteroatoms. The molecule has 0 aromatic heterocycles. The fraction of sp³-hybridized carbons (Fsp3) is 0.533. The van der Waals surface area contributed by atoms with E-state index in [4.69, 9.17) is 4.74 Å². The highest BCUT2D eigenvalue weighted by atomic mass is 16.5. The predicted octanol–water partition coefficient (Wildman–Crippen LogP) is 2.09. The van der Waals surface area contributed by atoms with Gasteiger partial charge in [-0.2, -0.15) is 0 Å². The first kappa shape index (κ1) is 15.5. The second kappa shape index (κ2) is 8.53. The largest absolute Gasteiger partial charge is 0.484 e. The van der Waals surface area contributed by atoms with Crippen molar-refractivity contribution in [3.63, 3.8) is 0 Å². The van der Waals surface area contributed by atoms with E-state index >= 15 is 0 Å². The maximum absolute atomic E-state index is 11.7. The van der Waals surface area contributed by atoms with Crippen LogP contribution in [0.1, 0.15) is 32.3 Å². The summed E-state index contributed by atoms with van der Waals surface area (Å²) < 4.78 is 5.46. The highest BCUT2D eigenvalue weighted by Crippen LogP contribution is 2.11. The average molecular weight is 264 g/mol. The van der Waals surface area contributed by atoms with E-state index in [-0.39, 0.29) is 18.6 Å². The Hall–Kier alpha value is -1.55. The van der Waals surface area contributed by atoms with Crippen LogP contribution in [0.2, 0.25) is 0 Å². The molecule has 0 unspecified atom stereocenters. The van der Waals surface area contributed by atoms with Gasteiger partial charge in [-0.25, -0.2) is 0 Å². The quantitative estimate of drug-likeness (QED) is 0.756. The van der Waals surface area contributed by atoms with Crippen molar-refractivity contribution in [2.75, 3.05) is 13.7 Å². The average Bonchev–Trinajstić information content (AvgIpc) is 2.44. The highest BCUT2D eigenvalue weighted by molar-refractivity contribution is 5.77. The number of carbonyl (C=O) groups is 1. The number of nitrogens with one attached hydrogen (secondary N) is 2. The summed E-state index contributed by atoms with van der Waals surface area (Å²) in [6.45, 7) is 5.03. The van der Waals surface area contributed by atoms with Crippen molar-refractivity contribution in [2.45, 2.75) is 39.3 Å². The summed E-state index contributed by atoms with van der Waals surface area (Å²) in [7, 11) is 1.91. The van der Waals surface area contributed by atoms with Gasteiger partial charge in [-0.3, -0.25) is 4.79 Å². The molecule has 19 heavy (non-hydrogen) atoms. The van der Waals surface area contributed by atoms with Crippen LogP contribution in [-0.4, -0.2) is 25.6 Å². The molecule has 0 aliphatic heterocycles. The molecule has 1 amide bonds. The second-order valence-corrected chi connectivity index (χ2v) is 4.54. The summed E-state index contributed by atoms with van der Waals surface area (Å²) in [6.07, 6.45) is 1.89. The third-order valence-corrected chi connectivity index (χ3v) is 3.02. The molecule has 0 bridgehead atoms. The lowest BCUT2D eigenvalue weighted by Gasteiger charge is -2.15. The predicted molar refractivity (Wildman–Crippen MR) is 77.2 cm³/mol. The Kier molecular flexibility index (Phi) is 6.97. The van der Waals surface area contributed by atoms with Gasteiger partial charge in [0.15, 0.2) is 6.61 Å². The zero-order chi connectivity index (χ0) is 14.1. The number of hydrogen-bond acceptors (Lipinski definition) is 3. The van der Waals surface area contributed by atoms with Gasteiger partial charge in [-0.05, 0) is 37.6 Å². The Morgan fingerprint density at radius 2 is 1.84 bits per heavy atom. The highest BCUT2D eigenvalue weighted by Gasteiger charge is 2.08. The molecule has 0 radical (unpaired) electrons. The molecule has 0 aliphatic carbocycles. The van der Waals surface area contributed by atoms with Gasteiger partial charge in [0.1, 0.15) is 5.75 Å². The molecule has 0 spiro atoms. The van der Waals surface area contributed by atoms with Crippen LogP contribution in [-0.2, 0) is 11.3 Å². The summed E-state index contributed by atoms with van der Waals surface area (Å²) >= 11 is 0. The van der Waals surface area contributed by atoms with Gasteiger partial charge in [0.05, 0.1) is 0 Å².